The van der Waals surface area contributed by atoms with E-state index in [0.717, 1.165) is 6.42 Å². The highest BCUT2D eigenvalue weighted by atomic mass is 16.1. The van der Waals surface area contributed by atoms with E-state index in [0.29, 0.717) is 6.54 Å². The average Bonchev–Trinajstić information content (AvgIpc) is 1.89. The van der Waals surface area contributed by atoms with Crippen LogP contribution in [0.15, 0.2) is 12.7 Å². The van der Waals surface area contributed by atoms with Crippen molar-refractivity contribution in [3.63, 3.8) is 0 Å². The lowest BCUT2D eigenvalue weighted by atomic mass is 10.4. The van der Waals surface area contributed by atoms with Gasteiger partial charge in [0.1, 0.15) is 0 Å². The van der Waals surface area contributed by atoms with E-state index in [2.05, 4.69) is 17.8 Å². The van der Waals surface area contributed by atoms with Gasteiger partial charge in [0.05, 0.1) is 6.42 Å². The zero-order valence-corrected chi connectivity index (χ0v) is 5.89. The minimum Gasteiger partial charge on any atom is -0.355 e. The molecule has 0 aliphatic carbocycles. The Bertz CT molecular complexity index is 155. The summed E-state index contributed by atoms with van der Waals surface area (Å²) in [7, 11) is 0. The van der Waals surface area contributed by atoms with Crippen LogP contribution in [0.1, 0.15) is 12.8 Å². The van der Waals surface area contributed by atoms with E-state index in [1.54, 1.807) is 6.08 Å². The van der Waals surface area contributed by atoms with Gasteiger partial charge in [-0.15, -0.1) is 13.0 Å². The Morgan fingerprint density at radius 3 is 3.00 bits per heavy atom. The predicted octanol–water partition coefficient (Wildman–Crippen LogP) is 0.702. The van der Waals surface area contributed by atoms with Crippen molar-refractivity contribution in [2.45, 2.75) is 12.8 Å². The van der Waals surface area contributed by atoms with Crippen molar-refractivity contribution in [1.29, 1.82) is 0 Å². The molecule has 0 aromatic heterocycles. The first-order valence-corrected chi connectivity index (χ1v) is 3.12. The second-order valence-corrected chi connectivity index (χ2v) is 1.81. The summed E-state index contributed by atoms with van der Waals surface area (Å²) in [5.41, 5.74) is 0. The zero-order chi connectivity index (χ0) is 7.82. The van der Waals surface area contributed by atoms with Crippen LogP contribution in [0.4, 0.5) is 0 Å². The van der Waals surface area contributed by atoms with E-state index in [9.17, 15) is 4.79 Å². The maximum Gasteiger partial charge on any atom is 0.232 e. The van der Waals surface area contributed by atoms with E-state index >= 15 is 0 Å². The Hall–Kier alpha value is -1.23. The summed E-state index contributed by atoms with van der Waals surface area (Å²) < 4.78 is 0. The number of terminal acetylenes is 1. The van der Waals surface area contributed by atoms with Crippen LogP contribution in [0.3, 0.4) is 0 Å². The highest BCUT2D eigenvalue weighted by Gasteiger charge is 1.93. The molecule has 0 rings (SSSR count). The van der Waals surface area contributed by atoms with Crippen molar-refractivity contribution in [3.05, 3.63) is 12.7 Å². The Morgan fingerprint density at radius 2 is 2.50 bits per heavy atom. The maximum atomic E-state index is 10.6. The highest BCUT2D eigenvalue weighted by molar-refractivity contribution is 5.78. The van der Waals surface area contributed by atoms with Gasteiger partial charge in [-0.2, -0.15) is 0 Å². The van der Waals surface area contributed by atoms with Crippen molar-refractivity contribution in [1.82, 2.24) is 5.32 Å². The third-order valence-electron chi connectivity index (χ3n) is 0.933. The van der Waals surface area contributed by atoms with E-state index in [4.69, 9.17) is 6.42 Å². The molecular formula is C8H11NO. The van der Waals surface area contributed by atoms with Gasteiger partial charge in [0.25, 0.3) is 0 Å². The summed E-state index contributed by atoms with van der Waals surface area (Å²) in [5, 5.41) is 2.63. The molecule has 0 unspecified atom stereocenters. The number of amides is 1. The summed E-state index contributed by atoms with van der Waals surface area (Å²) in [6.45, 7) is 4.14. The summed E-state index contributed by atoms with van der Waals surface area (Å²) >= 11 is 0. The molecule has 0 heterocycles. The van der Waals surface area contributed by atoms with Gasteiger partial charge in [0, 0.05) is 6.54 Å². The van der Waals surface area contributed by atoms with Crippen LogP contribution in [-0.2, 0) is 4.79 Å². The third kappa shape index (κ3) is 4.92. The standard InChI is InChI=1S/C8H11NO/c1-3-5-7-9-8(10)6-4-2/h2-3H,1,5-7H2,(H,9,10). The van der Waals surface area contributed by atoms with Crippen molar-refractivity contribution < 1.29 is 4.79 Å². The Kier molecular flexibility index (Phi) is 5.17. The summed E-state index contributed by atoms with van der Waals surface area (Å²) in [5.74, 6) is 2.16. The van der Waals surface area contributed by atoms with Gasteiger partial charge in [0.2, 0.25) is 5.91 Å². The normalized spacial score (nSPS) is 7.90. The summed E-state index contributed by atoms with van der Waals surface area (Å²) in [6, 6.07) is 0. The number of carbonyl (C=O) groups excluding carboxylic acids is 1. The summed E-state index contributed by atoms with van der Waals surface area (Å²) in [4.78, 5) is 10.6. The molecule has 1 N–H and O–H groups in total. The SMILES string of the molecule is C#CCC(=O)NCCC=C. The van der Waals surface area contributed by atoms with Crippen LogP contribution in [0.25, 0.3) is 0 Å². The Balaban J connectivity index is 3.23. The second kappa shape index (κ2) is 5.90. The molecule has 0 atom stereocenters. The van der Waals surface area contributed by atoms with E-state index in [-0.39, 0.29) is 12.3 Å². The Labute approximate surface area is 61.3 Å². The van der Waals surface area contributed by atoms with Crippen LogP contribution in [-0.4, -0.2) is 12.5 Å². The maximum absolute atomic E-state index is 10.6. The molecule has 2 nitrogen and oxygen atoms in total. The fourth-order valence-electron chi connectivity index (χ4n) is 0.469. The number of rotatable bonds is 4. The average molecular weight is 137 g/mol. The molecule has 0 fully saturated rings. The molecule has 0 aromatic carbocycles. The van der Waals surface area contributed by atoms with Crippen LogP contribution < -0.4 is 5.32 Å². The fraction of sp³-hybridized carbons (Fsp3) is 0.375. The molecule has 0 aliphatic heterocycles. The van der Waals surface area contributed by atoms with Gasteiger partial charge in [0.15, 0.2) is 0 Å². The molecule has 0 saturated heterocycles. The quantitative estimate of drug-likeness (QED) is 0.345. The molecule has 0 aromatic rings. The molecule has 0 saturated carbocycles. The van der Waals surface area contributed by atoms with Gasteiger partial charge in [-0.3, -0.25) is 4.79 Å². The minimum absolute atomic E-state index is 0.0932. The van der Waals surface area contributed by atoms with Crippen molar-refractivity contribution in [3.8, 4) is 12.3 Å². The topological polar surface area (TPSA) is 29.1 Å². The van der Waals surface area contributed by atoms with Gasteiger partial charge in [-0.25, -0.2) is 0 Å². The van der Waals surface area contributed by atoms with Crippen LogP contribution in [0, 0.1) is 12.3 Å². The van der Waals surface area contributed by atoms with Crippen LogP contribution >= 0.6 is 0 Å². The molecule has 0 bridgehead atoms. The monoisotopic (exact) mass is 137 g/mol. The van der Waals surface area contributed by atoms with Gasteiger partial charge < -0.3 is 5.32 Å². The first-order chi connectivity index (χ1) is 4.81. The van der Waals surface area contributed by atoms with Gasteiger partial charge in [-0.1, -0.05) is 12.0 Å². The largest absolute Gasteiger partial charge is 0.355 e. The number of hydrogen-bond acceptors (Lipinski definition) is 1. The number of carbonyl (C=O) groups is 1. The smallest absolute Gasteiger partial charge is 0.232 e. The van der Waals surface area contributed by atoms with E-state index in [1.165, 1.54) is 0 Å². The molecule has 1 amide bonds. The molecule has 0 spiro atoms. The lowest BCUT2D eigenvalue weighted by Crippen LogP contribution is -2.23. The number of hydrogen-bond donors (Lipinski definition) is 1. The molecule has 54 valence electrons. The number of nitrogens with one attached hydrogen (secondary N) is 1. The van der Waals surface area contributed by atoms with Crippen LogP contribution in [0.2, 0.25) is 0 Å². The second-order valence-electron chi connectivity index (χ2n) is 1.81. The lowest BCUT2D eigenvalue weighted by Gasteiger charge is -1.97. The van der Waals surface area contributed by atoms with Gasteiger partial charge >= 0.3 is 0 Å². The predicted molar refractivity (Wildman–Crippen MR) is 41.3 cm³/mol. The van der Waals surface area contributed by atoms with Crippen molar-refractivity contribution in [2.75, 3.05) is 6.54 Å². The van der Waals surface area contributed by atoms with Crippen LogP contribution in [0.5, 0.6) is 0 Å². The van der Waals surface area contributed by atoms with E-state index in [1.807, 2.05) is 0 Å². The first-order valence-electron chi connectivity index (χ1n) is 3.12. The highest BCUT2D eigenvalue weighted by Crippen LogP contribution is 1.78. The van der Waals surface area contributed by atoms with E-state index < -0.39 is 0 Å². The van der Waals surface area contributed by atoms with Crippen molar-refractivity contribution >= 4 is 5.91 Å². The fourth-order valence-corrected chi connectivity index (χ4v) is 0.469. The zero-order valence-electron chi connectivity index (χ0n) is 5.89. The van der Waals surface area contributed by atoms with Gasteiger partial charge in [-0.05, 0) is 6.42 Å². The molecular weight excluding hydrogens is 126 g/mol. The Morgan fingerprint density at radius 1 is 1.80 bits per heavy atom. The van der Waals surface area contributed by atoms with Crippen molar-refractivity contribution in [2.24, 2.45) is 0 Å². The molecule has 0 aliphatic rings. The lowest BCUT2D eigenvalue weighted by molar-refractivity contribution is -0.120. The molecule has 2 heteroatoms. The summed E-state index contributed by atoms with van der Waals surface area (Å²) in [6.07, 6.45) is 7.60. The molecule has 0 radical (unpaired) electrons. The minimum atomic E-state index is -0.0932. The molecule has 10 heavy (non-hydrogen) atoms. The first kappa shape index (κ1) is 8.77. The third-order valence-corrected chi connectivity index (χ3v) is 0.933.